The molecule has 2 rings (SSSR count). The van der Waals surface area contributed by atoms with Crippen molar-refractivity contribution in [2.24, 2.45) is 7.05 Å². The van der Waals surface area contributed by atoms with Gasteiger partial charge in [0.25, 0.3) is 0 Å². The van der Waals surface area contributed by atoms with E-state index in [1.54, 1.807) is 17.8 Å². The predicted molar refractivity (Wildman–Crippen MR) is 81.1 cm³/mol. The highest BCUT2D eigenvalue weighted by Crippen LogP contribution is 2.33. The maximum Gasteiger partial charge on any atom is 0.0738 e. The molecule has 1 aromatic heterocycles. The van der Waals surface area contributed by atoms with Crippen molar-refractivity contribution in [3.63, 3.8) is 0 Å². The maximum atomic E-state index is 5.97. The van der Waals surface area contributed by atoms with Crippen LogP contribution in [-0.4, -0.2) is 9.78 Å². The summed E-state index contributed by atoms with van der Waals surface area (Å²) in [4.78, 5) is 0.994. The standard InChI is InChI=1S/C12H13BrClN3S/c1-7-12(13)10(17(2)16-7)6-18-11-5-8(14)3-4-9(11)15/h3-5H,6,15H2,1-2H3. The SMILES string of the molecule is Cc1nn(C)c(CSc2cc(Cl)ccc2N)c1Br. The van der Waals surface area contributed by atoms with Gasteiger partial charge in [-0.3, -0.25) is 4.68 Å². The van der Waals surface area contributed by atoms with Gasteiger partial charge in [0, 0.05) is 28.4 Å². The highest BCUT2D eigenvalue weighted by molar-refractivity contribution is 9.10. The molecule has 1 heterocycles. The van der Waals surface area contributed by atoms with E-state index < -0.39 is 0 Å². The highest BCUT2D eigenvalue weighted by Gasteiger charge is 2.11. The Hall–Kier alpha value is -0.650. The molecule has 3 nitrogen and oxygen atoms in total. The van der Waals surface area contributed by atoms with Crippen molar-refractivity contribution < 1.29 is 0 Å². The third-order valence-electron chi connectivity index (χ3n) is 2.60. The third kappa shape index (κ3) is 2.84. The minimum Gasteiger partial charge on any atom is -0.398 e. The van der Waals surface area contributed by atoms with Crippen LogP contribution >= 0.6 is 39.3 Å². The Morgan fingerprint density at radius 3 is 2.83 bits per heavy atom. The van der Waals surface area contributed by atoms with Crippen LogP contribution in [0.25, 0.3) is 0 Å². The zero-order chi connectivity index (χ0) is 13.3. The molecule has 0 saturated carbocycles. The van der Waals surface area contributed by atoms with E-state index in [9.17, 15) is 0 Å². The van der Waals surface area contributed by atoms with Crippen LogP contribution in [0.1, 0.15) is 11.4 Å². The summed E-state index contributed by atoms with van der Waals surface area (Å²) in [5.41, 5.74) is 8.80. The van der Waals surface area contributed by atoms with Crippen molar-refractivity contribution in [1.82, 2.24) is 9.78 Å². The molecule has 0 radical (unpaired) electrons. The van der Waals surface area contributed by atoms with Gasteiger partial charge < -0.3 is 5.73 Å². The van der Waals surface area contributed by atoms with Gasteiger partial charge in [-0.25, -0.2) is 0 Å². The second-order valence-corrected chi connectivity index (χ2v) is 6.19. The number of hydrogen-bond acceptors (Lipinski definition) is 3. The lowest BCUT2D eigenvalue weighted by molar-refractivity contribution is 0.727. The molecule has 0 atom stereocenters. The molecule has 2 aromatic rings. The molecule has 0 spiro atoms. The molecule has 6 heteroatoms. The number of nitrogens with two attached hydrogens (primary N) is 1. The Kier molecular flexibility index (Phi) is 4.25. The maximum absolute atomic E-state index is 5.97. The van der Waals surface area contributed by atoms with Gasteiger partial charge in [0.2, 0.25) is 0 Å². The van der Waals surface area contributed by atoms with E-state index in [1.165, 1.54) is 0 Å². The van der Waals surface area contributed by atoms with E-state index in [-0.39, 0.29) is 0 Å². The van der Waals surface area contributed by atoms with E-state index >= 15 is 0 Å². The monoisotopic (exact) mass is 345 g/mol. The molecule has 0 unspecified atom stereocenters. The molecule has 18 heavy (non-hydrogen) atoms. The number of thioether (sulfide) groups is 1. The highest BCUT2D eigenvalue weighted by atomic mass is 79.9. The predicted octanol–water partition coefficient (Wildman–Crippen LogP) is 4.02. The van der Waals surface area contributed by atoms with Gasteiger partial charge in [-0.15, -0.1) is 11.8 Å². The topological polar surface area (TPSA) is 43.8 Å². The molecule has 2 N–H and O–H groups in total. The molecule has 96 valence electrons. The average Bonchev–Trinajstić information content (AvgIpc) is 2.55. The second kappa shape index (κ2) is 5.55. The van der Waals surface area contributed by atoms with Crippen LogP contribution in [0.4, 0.5) is 5.69 Å². The van der Waals surface area contributed by atoms with Crippen molar-refractivity contribution in [2.75, 3.05) is 5.73 Å². The van der Waals surface area contributed by atoms with Crippen molar-refractivity contribution in [1.29, 1.82) is 0 Å². The Morgan fingerprint density at radius 1 is 1.50 bits per heavy atom. The summed E-state index contributed by atoms with van der Waals surface area (Å²) in [6, 6.07) is 5.51. The van der Waals surface area contributed by atoms with Crippen LogP contribution in [0, 0.1) is 6.92 Å². The first-order valence-corrected chi connectivity index (χ1v) is 7.50. The minimum absolute atomic E-state index is 0.701. The fraction of sp³-hybridized carbons (Fsp3) is 0.250. The molecule has 0 aliphatic rings. The number of hydrogen-bond donors (Lipinski definition) is 1. The van der Waals surface area contributed by atoms with Gasteiger partial charge >= 0.3 is 0 Å². The lowest BCUT2D eigenvalue weighted by atomic mass is 10.3. The summed E-state index contributed by atoms with van der Waals surface area (Å²) in [7, 11) is 1.94. The van der Waals surface area contributed by atoms with Crippen LogP contribution in [0.5, 0.6) is 0 Å². The minimum atomic E-state index is 0.701. The first-order valence-electron chi connectivity index (χ1n) is 5.35. The number of halogens is 2. The molecular formula is C12H13BrClN3S. The lowest BCUT2D eigenvalue weighted by Gasteiger charge is -2.06. The average molecular weight is 347 g/mol. The third-order valence-corrected chi connectivity index (χ3v) is 4.95. The number of rotatable bonds is 3. The number of nitrogens with zero attached hydrogens (tertiary/aromatic N) is 2. The zero-order valence-electron chi connectivity index (χ0n) is 10.1. The first-order chi connectivity index (χ1) is 8.49. The van der Waals surface area contributed by atoms with Gasteiger partial charge in [0.15, 0.2) is 0 Å². The van der Waals surface area contributed by atoms with Gasteiger partial charge in [-0.2, -0.15) is 5.10 Å². The number of anilines is 1. The van der Waals surface area contributed by atoms with Crippen LogP contribution in [0.15, 0.2) is 27.6 Å². The van der Waals surface area contributed by atoms with Gasteiger partial charge in [-0.1, -0.05) is 11.6 Å². The number of benzene rings is 1. The van der Waals surface area contributed by atoms with Gasteiger partial charge in [0.05, 0.1) is 15.9 Å². The summed E-state index contributed by atoms with van der Waals surface area (Å²) < 4.78 is 2.94. The van der Waals surface area contributed by atoms with Gasteiger partial charge in [0.1, 0.15) is 0 Å². The van der Waals surface area contributed by atoms with E-state index in [4.69, 9.17) is 17.3 Å². The molecular weight excluding hydrogens is 334 g/mol. The van der Waals surface area contributed by atoms with Crippen LogP contribution in [-0.2, 0) is 12.8 Å². The normalized spacial score (nSPS) is 10.9. The summed E-state index contributed by atoms with van der Waals surface area (Å²) in [6.45, 7) is 1.98. The Labute approximate surface area is 124 Å². The van der Waals surface area contributed by atoms with Crippen LogP contribution in [0.2, 0.25) is 5.02 Å². The molecule has 0 aliphatic heterocycles. The van der Waals surface area contributed by atoms with E-state index in [1.807, 2.05) is 30.8 Å². The molecule has 0 aliphatic carbocycles. The van der Waals surface area contributed by atoms with E-state index in [2.05, 4.69) is 21.0 Å². The van der Waals surface area contributed by atoms with Gasteiger partial charge in [-0.05, 0) is 41.1 Å². The lowest BCUT2D eigenvalue weighted by Crippen LogP contribution is -1.97. The van der Waals surface area contributed by atoms with Crippen molar-refractivity contribution in [3.8, 4) is 0 Å². The van der Waals surface area contributed by atoms with E-state index in [0.29, 0.717) is 5.02 Å². The molecule has 0 saturated heterocycles. The van der Waals surface area contributed by atoms with Crippen molar-refractivity contribution in [3.05, 3.63) is 39.1 Å². The zero-order valence-corrected chi connectivity index (χ0v) is 13.2. The van der Waals surface area contributed by atoms with E-state index in [0.717, 1.165) is 32.2 Å². The van der Waals surface area contributed by atoms with Crippen LogP contribution < -0.4 is 5.73 Å². The number of nitrogen functional groups attached to an aromatic ring is 1. The summed E-state index contributed by atoms with van der Waals surface area (Å²) >= 11 is 11.2. The quantitative estimate of drug-likeness (QED) is 0.674. The Morgan fingerprint density at radius 2 is 2.22 bits per heavy atom. The van der Waals surface area contributed by atoms with Crippen molar-refractivity contribution >= 4 is 45.0 Å². The fourth-order valence-corrected chi connectivity index (χ4v) is 3.58. The number of aromatic nitrogens is 2. The summed E-state index contributed by atoms with van der Waals surface area (Å²) in [5.74, 6) is 0.794. The summed E-state index contributed by atoms with van der Waals surface area (Å²) in [5, 5.41) is 5.06. The van der Waals surface area contributed by atoms with Crippen molar-refractivity contribution in [2.45, 2.75) is 17.6 Å². The van der Waals surface area contributed by atoms with Crippen LogP contribution in [0.3, 0.4) is 0 Å². The fourth-order valence-electron chi connectivity index (χ4n) is 1.62. The number of aryl methyl sites for hydroxylation is 2. The molecule has 1 aromatic carbocycles. The Balaban J connectivity index is 2.19. The first kappa shape index (κ1) is 13.8. The Bertz CT molecular complexity index is 583. The second-order valence-electron chi connectivity index (χ2n) is 3.94. The largest absolute Gasteiger partial charge is 0.398 e. The molecule has 0 bridgehead atoms. The summed E-state index contributed by atoms with van der Waals surface area (Å²) in [6.07, 6.45) is 0. The molecule has 0 amide bonds. The smallest absolute Gasteiger partial charge is 0.0738 e. The molecule has 0 fully saturated rings.